The lowest BCUT2D eigenvalue weighted by atomic mass is 10.2. The van der Waals surface area contributed by atoms with Crippen molar-refractivity contribution in [2.24, 2.45) is 4.99 Å². The average molecular weight is 480 g/mol. The van der Waals surface area contributed by atoms with E-state index in [9.17, 15) is 25.0 Å². The van der Waals surface area contributed by atoms with E-state index in [2.05, 4.69) is 4.99 Å². The number of carbonyl (C=O) groups excluding carboxylic acids is 1. The maximum absolute atomic E-state index is 12.2. The summed E-state index contributed by atoms with van der Waals surface area (Å²) in [5.74, 6) is -0.183. The van der Waals surface area contributed by atoms with Gasteiger partial charge in [0.25, 0.3) is 11.4 Å². The highest BCUT2D eigenvalue weighted by Gasteiger charge is 2.26. The van der Waals surface area contributed by atoms with E-state index in [-0.39, 0.29) is 40.2 Å². The molecule has 0 atom stereocenters. The normalized spacial score (nSPS) is 14.0. The number of nitrogens with zero attached hydrogens (tertiary/aromatic N) is 3. The van der Waals surface area contributed by atoms with Crippen LogP contribution >= 0.6 is 11.6 Å². The van der Waals surface area contributed by atoms with Crippen LogP contribution in [0.2, 0.25) is 5.02 Å². The van der Waals surface area contributed by atoms with Crippen LogP contribution in [0.5, 0.6) is 5.75 Å². The number of non-ortho nitro benzene ring substituents is 1. The molecule has 3 aromatic carbocycles. The molecular weight excluding hydrogens is 466 g/mol. The van der Waals surface area contributed by atoms with E-state index in [0.29, 0.717) is 11.3 Å². The first-order valence-electron chi connectivity index (χ1n) is 9.73. The summed E-state index contributed by atoms with van der Waals surface area (Å²) in [5, 5.41) is 21.8. The molecule has 0 spiro atoms. The monoisotopic (exact) mass is 479 g/mol. The standard InChI is InChI=1S/C23H14ClN3O7/c24-19-10-5-16(12-21(19)27(31)32)22-25-20(23(28)34-22)11-14-3-8-18(9-4-14)33-13-15-1-6-17(7-2-15)26(29)30/h1-12H,13H2/b20-11-. The second-order valence-electron chi connectivity index (χ2n) is 7.04. The maximum atomic E-state index is 12.2. The van der Waals surface area contributed by atoms with Crippen LogP contribution in [0.4, 0.5) is 11.4 Å². The Hall–Kier alpha value is -4.57. The Labute approximate surface area is 197 Å². The predicted octanol–water partition coefficient (Wildman–Crippen LogP) is 5.08. The van der Waals surface area contributed by atoms with Gasteiger partial charge in [-0.2, -0.15) is 0 Å². The maximum Gasteiger partial charge on any atom is 0.363 e. The molecule has 34 heavy (non-hydrogen) atoms. The fraction of sp³-hybridized carbons (Fsp3) is 0.0435. The molecule has 1 aliphatic rings. The van der Waals surface area contributed by atoms with Gasteiger partial charge in [0.15, 0.2) is 5.70 Å². The van der Waals surface area contributed by atoms with Gasteiger partial charge >= 0.3 is 5.97 Å². The van der Waals surface area contributed by atoms with Crippen LogP contribution in [-0.2, 0) is 16.1 Å². The van der Waals surface area contributed by atoms with E-state index in [4.69, 9.17) is 21.1 Å². The summed E-state index contributed by atoms with van der Waals surface area (Å²) in [4.78, 5) is 37.0. The van der Waals surface area contributed by atoms with Crippen molar-refractivity contribution in [3.63, 3.8) is 0 Å². The smallest absolute Gasteiger partial charge is 0.363 e. The fourth-order valence-electron chi connectivity index (χ4n) is 3.02. The van der Waals surface area contributed by atoms with Crippen molar-refractivity contribution in [1.82, 2.24) is 0 Å². The van der Waals surface area contributed by atoms with Crippen molar-refractivity contribution < 1.29 is 24.1 Å². The number of nitro benzene ring substituents is 2. The third-order valence-electron chi connectivity index (χ3n) is 4.75. The van der Waals surface area contributed by atoms with E-state index in [0.717, 1.165) is 5.56 Å². The molecule has 0 aromatic heterocycles. The van der Waals surface area contributed by atoms with Gasteiger partial charge in [-0.15, -0.1) is 0 Å². The second kappa shape index (κ2) is 9.51. The van der Waals surface area contributed by atoms with Gasteiger partial charge in [0.1, 0.15) is 17.4 Å². The molecule has 0 saturated carbocycles. The molecule has 1 aliphatic heterocycles. The SMILES string of the molecule is O=C1OC(c2ccc(Cl)c([N+](=O)[O-])c2)=N/C1=C\c1ccc(OCc2ccc([N+](=O)[O-])cc2)cc1. The van der Waals surface area contributed by atoms with Gasteiger partial charge in [-0.3, -0.25) is 20.2 Å². The Kier molecular flexibility index (Phi) is 6.33. The molecular formula is C23H14ClN3O7. The first-order chi connectivity index (χ1) is 16.3. The zero-order valence-corrected chi connectivity index (χ0v) is 18.0. The number of cyclic esters (lactones) is 1. The van der Waals surface area contributed by atoms with E-state index in [1.807, 2.05) is 0 Å². The number of hydrogen-bond acceptors (Lipinski definition) is 8. The number of rotatable bonds is 7. The molecule has 0 aliphatic carbocycles. The number of aliphatic imine (C=N–C) groups is 1. The van der Waals surface area contributed by atoms with Gasteiger partial charge in [-0.1, -0.05) is 23.7 Å². The number of nitro groups is 2. The van der Waals surface area contributed by atoms with E-state index >= 15 is 0 Å². The van der Waals surface area contributed by atoms with Crippen molar-refractivity contribution in [2.45, 2.75) is 6.61 Å². The van der Waals surface area contributed by atoms with Gasteiger partial charge in [0, 0.05) is 23.8 Å². The Balaban J connectivity index is 1.45. The summed E-state index contributed by atoms with van der Waals surface area (Å²) in [6.45, 7) is 0.228. The molecule has 4 rings (SSSR count). The highest BCUT2D eigenvalue weighted by Crippen LogP contribution is 2.28. The third-order valence-corrected chi connectivity index (χ3v) is 5.07. The minimum Gasteiger partial charge on any atom is -0.489 e. The zero-order valence-electron chi connectivity index (χ0n) is 17.2. The van der Waals surface area contributed by atoms with Crippen molar-refractivity contribution >= 4 is 40.9 Å². The summed E-state index contributed by atoms with van der Waals surface area (Å²) in [5.41, 5.74) is 1.40. The molecule has 0 radical (unpaired) electrons. The van der Waals surface area contributed by atoms with Crippen LogP contribution < -0.4 is 4.74 Å². The molecule has 3 aromatic rings. The molecule has 0 N–H and O–H groups in total. The summed E-state index contributed by atoms with van der Waals surface area (Å²) < 4.78 is 10.8. The number of halogens is 1. The Bertz CT molecular complexity index is 1350. The summed E-state index contributed by atoms with van der Waals surface area (Å²) >= 11 is 5.81. The molecule has 10 nitrogen and oxygen atoms in total. The van der Waals surface area contributed by atoms with Gasteiger partial charge in [-0.25, -0.2) is 9.79 Å². The number of ether oxygens (including phenoxy) is 2. The van der Waals surface area contributed by atoms with Gasteiger partial charge in [-0.05, 0) is 53.6 Å². The Morgan fingerprint density at radius 2 is 1.68 bits per heavy atom. The Morgan fingerprint density at radius 1 is 0.971 bits per heavy atom. The van der Waals surface area contributed by atoms with Crippen LogP contribution in [-0.4, -0.2) is 21.7 Å². The molecule has 11 heteroatoms. The Morgan fingerprint density at radius 3 is 2.32 bits per heavy atom. The third kappa shape index (κ3) is 5.08. The van der Waals surface area contributed by atoms with Crippen molar-refractivity contribution in [3.05, 3.63) is 114 Å². The lowest BCUT2D eigenvalue weighted by Gasteiger charge is -2.06. The second-order valence-corrected chi connectivity index (χ2v) is 7.45. The van der Waals surface area contributed by atoms with Crippen LogP contribution in [0.15, 0.2) is 77.4 Å². The predicted molar refractivity (Wildman–Crippen MR) is 123 cm³/mol. The van der Waals surface area contributed by atoms with Crippen molar-refractivity contribution in [3.8, 4) is 5.75 Å². The van der Waals surface area contributed by atoms with Crippen LogP contribution in [0.3, 0.4) is 0 Å². The highest BCUT2D eigenvalue weighted by molar-refractivity contribution is 6.32. The van der Waals surface area contributed by atoms with Crippen LogP contribution in [0, 0.1) is 20.2 Å². The molecule has 1 heterocycles. The van der Waals surface area contributed by atoms with Gasteiger partial charge in [0.05, 0.1) is 9.85 Å². The van der Waals surface area contributed by atoms with Crippen molar-refractivity contribution in [1.29, 1.82) is 0 Å². The topological polar surface area (TPSA) is 134 Å². The number of esters is 1. The lowest BCUT2D eigenvalue weighted by Crippen LogP contribution is -2.06. The van der Waals surface area contributed by atoms with E-state index in [1.54, 1.807) is 36.4 Å². The number of hydrogen-bond donors (Lipinski definition) is 0. The van der Waals surface area contributed by atoms with Gasteiger partial charge < -0.3 is 9.47 Å². The summed E-state index contributed by atoms with van der Waals surface area (Å²) in [7, 11) is 0. The quantitative estimate of drug-likeness (QED) is 0.199. The molecule has 0 unspecified atom stereocenters. The van der Waals surface area contributed by atoms with Crippen LogP contribution in [0.25, 0.3) is 6.08 Å². The number of carbonyl (C=O) groups is 1. The largest absolute Gasteiger partial charge is 0.489 e. The minimum atomic E-state index is -0.689. The zero-order chi connectivity index (χ0) is 24.2. The highest BCUT2D eigenvalue weighted by atomic mass is 35.5. The molecule has 0 amide bonds. The van der Waals surface area contributed by atoms with E-state index in [1.165, 1.54) is 36.4 Å². The summed E-state index contributed by atoms with van der Waals surface area (Å²) in [6.07, 6.45) is 1.51. The number of benzene rings is 3. The first kappa shape index (κ1) is 22.6. The lowest BCUT2D eigenvalue weighted by molar-refractivity contribution is -0.385. The van der Waals surface area contributed by atoms with E-state index < -0.39 is 15.8 Å². The molecule has 170 valence electrons. The summed E-state index contributed by atoms with van der Waals surface area (Å²) in [6, 6.07) is 16.9. The average Bonchev–Trinajstić information content (AvgIpc) is 3.19. The van der Waals surface area contributed by atoms with Crippen LogP contribution in [0.1, 0.15) is 16.7 Å². The molecule has 0 bridgehead atoms. The van der Waals surface area contributed by atoms with Crippen molar-refractivity contribution in [2.75, 3.05) is 0 Å². The van der Waals surface area contributed by atoms with Gasteiger partial charge in [0.2, 0.25) is 5.90 Å². The first-order valence-corrected chi connectivity index (χ1v) is 10.1. The minimum absolute atomic E-state index is 0.00619. The fourth-order valence-corrected chi connectivity index (χ4v) is 3.20. The molecule has 0 fully saturated rings. The molecule has 0 saturated heterocycles.